The van der Waals surface area contributed by atoms with Crippen LogP contribution in [0, 0.1) is 28.6 Å². The molecule has 2 saturated carbocycles. The number of ether oxygens (including phenoxy) is 4. The lowest BCUT2D eigenvalue weighted by molar-refractivity contribution is -0.162. The van der Waals surface area contributed by atoms with Gasteiger partial charge in [-0.15, -0.1) is 0 Å². The van der Waals surface area contributed by atoms with Crippen molar-refractivity contribution in [1.29, 1.82) is 0 Å². The van der Waals surface area contributed by atoms with E-state index in [9.17, 15) is 9.59 Å². The van der Waals surface area contributed by atoms with Crippen molar-refractivity contribution in [2.75, 3.05) is 7.11 Å². The van der Waals surface area contributed by atoms with Crippen LogP contribution in [0.25, 0.3) is 0 Å². The topological polar surface area (TPSA) is 80.3 Å². The lowest BCUT2D eigenvalue weighted by atomic mass is 9.62. The molecule has 206 valence electrons. The molecule has 7 nitrogen and oxygen atoms in total. The average Bonchev–Trinajstić information content (AvgIpc) is 3.27. The highest BCUT2D eigenvalue weighted by atomic mass is 28.4. The van der Waals surface area contributed by atoms with Crippen LogP contribution >= 0.6 is 0 Å². The molecule has 2 aliphatic carbocycles. The van der Waals surface area contributed by atoms with Crippen LogP contribution in [0.3, 0.4) is 0 Å². The van der Waals surface area contributed by atoms with Gasteiger partial charge in [0, 0.05) is 11.5 Å². The number of methoxy groups -OCH3 is 1. The Morgan fingerprint density at radius 2 is 1.81 bits per heavy atom. The molecule has 3 unspecified atom stereocenters. The van der Waals surface area contributed by atoms with Crippen molar-refractivity contribution in [1.82, 2.24) is 0 Å². The van der Waals surface area contributed by atoms with E-state index in [1.165, 1.54) is 26.4 Å². The van der Waals surface area contributed by atoms with Gasteiger partial charge in [0.05, 0.1) is 7.11 Å². The summed E-state index contributed by atoms with van der Waals surface area (Å²) in [6, 6.07) is 0. The van der Waals surface area contributed by atoms with Crippen molar-refractivity contribution in [3.63, 3.8) is 0 Å². The second kappa shape index (κ2) is 10.4. The van der Waals surface area contributed by atoms with Crippen LogP contribution in [-0.2, 0) is 28.2 Å². The first-order valence-corrected chi connectivity index (χ1v) is 16.9. The van der Waals surface area contributed by atoms with Crippen molar-refractivity contribution >= 4 is 20.4 Å². The Hall–Kier alpha value is -1.38. The van der Waals surface area contributed by atoms with Gasteiger partial charge in [0.1, 0.15) is 0 Å². The maximum Gasteiger partial charge on any atom is 0.508 e. The molecule has 0 aromatic heterocycles. The molecule has 0 bridgehead atoms. The molecule has 0 aromatic carbocycles. The van der Waals surface area contributed by atoms with E-state index in [1.54, 1.807) is 13.0 Å². The van der Waals surface area contributed by atoms with Gasteiger partial charge in [-0.2, -0.15) is 0 Å². The Morgan fingerprint density at radius 1 is 1.14 bits per heavy atom. The van der Waals surface area contributed by atoms with Gasteiger partial charge in [-0.05, 0) is 81.5 Å². The van der Waals surface area contributed by atoms with Crippen molar-refractivity contribution in [3.8, 4) is 0 Å². The first-order valence-electron chi connectivity index (χ1n) is 13.5. The molecule has 1 saturated heterocycles. The Morgan fingerprint density at radius 3 is 2.36 bits per heavy atom. The Bertz CT molecular complexity index is 844. The van der Waals surface area contributed by atoms with Gasteiger partial charge in [-0.3, -0.25) is 0 Å². The molecule has 8 heteroatoms. The molecule has 0 N–H and O–H groups in total. The fourth-order valence-corrected chi connectivity index (χ4v) is 7.75. The monoisotopic (exact) mass is 524 g/mol. The lowest BCUT2D eigenvalue weighted by Crippen LogP contribution is -2.47. The van der Waals surface area contributed by atoms with Gasteiger partial charge in [0.25, 0.3) is 0 Å². The zero-order valence-electron chi connectivity index (χ0n) is 24.0. The summed E-state index contributed by atoms with van der Waals surface area (Å²) in [6.07, 6.45) is 7.54. The Kier molecular flexibility index (Phi) is 8.44. The molecule has 8 atom stereocenters. The third kappa shape index (κ3) is 6.02. The number of hydrogen-bond acceptors (Lipinski definition) is 7. The maximum absolute atomic E-state index is 12.9. The van der Waals surface area contributed by atoms with Crippen LogP contribution in [0.4, 0.5) is 4.79 Å². The normalized spacial score (nSPS) is 36.9. The van der Waals surface area contributed by atoms with E-state index in [0.29, 0.717) is 17.9 Å². The summed E-state index contributed by atoms with van der Waals surface area (Å²) in [4.78, 5) is 25.0. The third-order valence-corrected chi connectivity index (χ3v) is 9.49. The molecule has 36 heavy (non-hydrogen) atoms. The zero-order chi connectivity index (χ0) is 27.1. The highest BCUT2D eigenvalue weighted by Crippen LogP contribution is 2.58. The van der Waals surface area contributed by atoms with Crippen molar-refractivity contribution in [2.45, 2.75) is 117 Å². The van der Waals surface area contributed by atoms with E-state index in [0.717, 1.165) is 12.8 Å². The summed E-state index contributed by atoms with van der Waals surface area (Å²) in [6.45, 7) is 18.9. The molecule has 0 amide bonds. The maximum atomic E-state index is 12.9. The molecular formula is C28H48O7Si. The summed E-state index contributed by atoms with van der Waals surface area (Å²) >= 11 is 0. The largest absolute Gasteiger partial charge is 0.508 e. The van der Waals surface area contributed by atoms with E-state index in [1.807, 2.05) is 20.8 Å². The van der Waals surface area contributed by atoms with Gasteiger partial charge >= 0.3 is 12.1 Å². The van der Waals surface area contributed by atoms with E-state index >= 15 is 0 Å². The number of hydrogen-bond donors (Lipinski definition) is 0. The van der Waals surface area contributed by atoms with E-state index in [2.05, 4.69) is 39.6 Å². The number of rotatable bonds is 7. The van der Waals surface area contributed by atoms with Gasteiger partial charge in [0.15, 0.2) is 14.4 Å². The number of esters is 1. The quantitative estimate of drug-likeness (QED) is 0.214. The van der Waals surface area contributed by atoms with Gasteiger partial charge in [-0.25, -0.2) is 9.59 Å². The first-order chi connectivity index (χ1) is 16.5. The fraction of sp³-hybridized carbons (Fsp3) is 0.857. The second-order valence-corrected chi connectivity index (χ2v) is 18.0. The predicted octanol–water partition coefficient (Wildman–Crippen LogP) is 6.47. The fourth-order valence-electron chi connectivity index (χ4n) is 6.56. The molecule has 3 fully saturated rings. The summed E-state index contributed by atoms with van der Waals surface area (Å²) < 4.78 is 28.6. The highest BCUT2D eigenvalue weighted by molar-refractivity contribution is 6.69. The summed E-state index contributed by atoms with van der Waals surface area (Å²) in [5.41, 5.74) is -1.66. The van der Waals surface area contributed by atoms with Gasteiger partial charge < -0.3 is 23.4 Å². The number of carbonyl (C=O) groups excluding carboxylic acids is 2. The van der Waals surface area contributed by atoms with E-state index in [-0.39, 0.29) is 11.3 Å². The number of cyclic esters (lactones) is 1. The Balaban J connectivity index is 1.81. The first kappa shape index (κ1) is 29.2. The molecule has 0 aromatic rings. The molecular weight excluding hydrogens is 476 g/mol. The number of allylic oxidation sites excluding steroid dienone is 1. The Labute approximate surface area is 218 Å². The van der Waals surface area contributed by atoms with Crippen molar-refractivity contribution in [2.24, 2.45) is 28.6 Å². The number of fused-ring (bicyclic) bond motifs is 1. The summed E-state index contributed by atoms with van der Waals surface area (Å²) in [7, 11) is -0.366. The van der Waals surface area contributed by atoms with Crippen LogP contribution in [0.2, 0.25) is 19.6 Å². The second-order valence-electron chi connectivity index (χ2n) is 13.5. The minimum absolute atomic E-state index is 0.203. The van der Waals surface area contributed by atoms with E-state index in [4.69, 9.17) is 23.4 Å². The highest BCUT2D eigenvalue weighted by Gasteiger charge is 2.57. The predicted molar refractivity (Wildman–Crippen MR) is 141 cm³/mol. The third-order valence-electron chi connectivity index (χ3n) is 8.48. The standard InChI is InChI=1S/C28H48O7Si/c1-18(19-14-15-20-21(35-36(8,9)10)12-11-17-27(19,20)5)13-16-22(32-25(30)31-7)28(6)23(29)33-24(34-28)26(2,3)4/h13,16,18-22,24H,11-12,14-15,17H2,1-10H3/t18-,19-,20?,21?,22?,24-,27-,28-/m1/s1. The molecule has 0 radical (unpaired) electrons. The van der Waals surface area contributed by atoms with Crippen LogP contribution in [0.5, 0.6) is 0 Å². The minimum atomic E-state index is -1.62. The lowest BCUT2D eigenvalue weighted by Gasteiger charge is -2.47. The molecule has 3 rings (SSSR count). The average molecular weight is 525 g/mol. The zero-order valence-corrected chi connectivity index (χ0v) is 25.0. The van der Waals surface area contributed by atoms with Crippen molar-refractivity contribution < 1.29 is 33.0 Å². The van der Waals surface area contributed by atoms with Crippen LogP contribution in [0.15, 0.2) is 12.2 Å². The summed E-state index contributed by atoms with van der Waals surface area (Å²) in [5, 5.41) is 0. The number of carbonyl (C=O) groups is 2. The molecule has 1 heterocycles. The van der Waals surface area contributed by atoms with Gasteiger partial charge in [0.2, 0.25) is 11.9 Å². The minimum Gasteiger partial charge on any atom is -0.438 e. The summed E-state index contributed by atoms with van der Waals surface area (Å²) in [5.74, 6) is 0.741. The van der Waals surface area contributed by atoms with Crippen molar-refractivity contribution in [3.05, 3.63) is 12.2 Å². The smallest absolute Gasteiger partial charge is 0.438 e. The SMILES string of the molecule is COC(=O)OC(C=C[C@@H](C)[C@H]1CCC2C(O[Si](C)(C)C)CCC[C@@]21C)[C@@]1(C)O[C@H](C(C)(C)C)OC1=O. The molecule has 0 spiro atoms. The molecule has 1 aliphatic heterocycles. The van der Waals surface area contributed by atoms with Crippen LogP contribution in [-0.4, -0.2) is 51.7 Å². The molecule has 3 aliphatic rings. The van der Waals surface area contributed by atoms with E-state index < -0.39 is 43.9 Å². The van der Waals surface area contributed by atoms with Crippen LogP contribution < -0.4 is 0 Å². The van der Waals surface area contributed by atoms with Gasteiger partial charge in [-0.1, -0.05) is 47.1 Å². The van der Waals surface area contributed by atoms with Crippen LogP contribution in [0.1, 0.15) is 73.6 Å².